The first kappa shape index (κ1) is 17.0. The highest BCUT2D eigenvalue weighted by Crippen LogP contribution is 2.29. The first-order valence-electron chi connectivity index (χ1n) is 6.87. The molecule has 1 N–H and O–H groups in total. The van der Waals surface area contributed by atoms with Gasteiger partial charge in [0.25, 0.3) is 5.91 Å². The summed E-state index contributed by atoms with van der Waals surface area (Å²) in [6, 6.07) is 11.4. The highest BCUT2D eigenvalue weighted by molar-refractivity contribution is 9.11. The van der Waals surface area contributed by atoms with Crippen molar-refractivity contribution in [2.24, 2.45) is 0 Å². The molecular formula is C17H17Br2NO2. The smallest absolute Gasteiger partial charge is 0.265 e. The number of halogens is 2. The van der Waals surface area contributed by atoms with Crippen molar-refractivity contribution in [2.75, 3.05) is 5.32 Å². The first-order valence-corrected chi connectivity index (χ1v) is 8.46. The Morgan fingerprint density at radius 2 is 1.91 bits per heavy atom. The molecule has 1 amide bonds. The Morgan fingerprint density at radius 1 is 1.18 bits per heavy atom. The second-order valence-electron chi connectivity index (χ2n) is 5.07. The van der Waals surface area contributed by atoms with Crippen LogP contribution in [0.3, 0.4) is 0 Å². The SMILES string of the molecule is Cc1cccc(NC(=O)C(C)Oc2ccc(Br)cc2Br)c1C. The molecule has 5 heteroatoms. The Hall–Kier alpha value is -1.33. The Labute approximate surface area is 147 Å². The van der Waals surface area contributed by atoms with Crippen molar-refractivity contribution < 1.29 is 9.53 Å². The van der Waals surface area contributed by atoms with Gasteiger partial charge in [0.05, 0.1) is 4.47 Å². The molecule has 2 aromatic rings. The van der Waals surface area contributed by atoms with Crippen LogP contribution in [0, 0.1) is 13.8 Å². The number of hydrogen-bond acceptors (Lipinski definition) is 2. The molecule has 116 valence electrons. The van der Waals surface area contributed by atoms with Gasteiger partial charge in [0, 0.05) is 10.2 Å². The first-order chi connectivity index (χ1) is 10.4. The molecule has 0 aliphatic heterocycles. The van der Waals surface area contributed by atoms with Crippen LogP contribution in [0.4, 0.5) is 5.69 Å². The number of aryl methyl sites for hydroxylation is 1. The standard InChI is InChI=1S/C17H17Br2NO2/c1-10-5-4-6-15(11(10)2)20-17(21)12(3)22-16-8-7-13(18)9-14(16)19/h4-9,12H,1-3H3,(H,20,21). The summed E-state index contributed by atoms with van der Waals surface area (Å²) in [5, 5.41) is 2.91. The van der Waals surface area contributed by atoms with Crippen LogP contribution in [0.15, 0.2) is 45.3 Å². The monoisotopic (exact) mass is 425 g/mol. The second kappa shape index (κ2) is 7.29. The quantitative estimate of drug-likeness (QED) is 0.726. The summed E-state index contributed by atoms with van der Waals surface area (Å²) in [5.41, 5.74) is 3.02. The van der Waals surface area contributed by atoms with E-state index in [1.807, 2.05) is 50.2 Å². The molecule has 1 unspecified atom stereocenters. The minimum atomic E-state index is -0.600. The van der Waals surface area contributed by atoms with Crippen LogP contribution >= 0.6 is 31.9 Å². The zero-order chi connectivity index (χ0) is 16.3. The largest absolute Gasteiger partial charge is 0.480 e. The predicted octanol–water partition coefficient (Wildman–Crippen LogP) is 5.23. The van der Waals surface area contributed by atoms with Crippen molar-refractivity contribution in [2.45, 2.75) is 26.9 Å². The van der Waals surface area contributed by atoms with Crippen LogP contribution in [0.2, 0.25) is 0 Å². The van der Waals surface area contributed by atoms with E-state index >= 15 is 0 Å². The number of carbonyl (C=O) groups is 1. The van der Waals surface area contributed by atoms with Gasteiger partial charge in [0.1, 0.15) is 5.75 Å². The van der Waals surface area contributed by atoms with Crippen LogP contribution < -0.4 is 10.1 Å². The predicted molar refractivity (Wildman–Crippen MR) is 96.5 cm³/mol. The third-order valence-corrected chi connectivity index (χ3v) is 4.54. The Morgan fingerprint density at radius 3 is 2.59 bits per heavy atom. The van der Waals surface area contributed by atoms with Crippen molar-refractivity contribution in [3.05, 3.63) is 56.5 Å². The molecule has 0 aliphatic rings. The van der Waals surface area contributed by atoms with Gasteiger partial charge in [-0.25, -0.2) is 0 Å². The molecule has 0 fully saturated rings. The number of hydrogen-bond donors (Lipinski definition) is 1. The van der Waals surface area contributed by atoms with E-state index in [4.69, 9.17) is 4.74 Å². The van der Waals surface area contributed by atoms with Gasteiger partial charge in [0.2, 0.25) is 0 Å². The van der Waals surface area contributed by atoms with Gasteiger partial charge >= 0.3 is 0 Å². The highest BCUT2D eigenvalue weighted by atomic mass is 79.9. The molecule has 0 spiro atoms. The molecule has 0 saturated heterocycles. The number of rotatable bonds is 4. The molecule has 2 aromatic carbocycles. The van der Waals surface area contributed by atoms with Crippen molar-refractivity contribution >= 4 is 43.5 Å². The number of benzene rings is 2. The zero-order valence-corrected chi connectivity index (χ0v) is 15.8. The lowest BCUT2D eigenvalue weighted by Gasteiger charge is -2.17. The van der Waals surface area contributed by atoms with E-state index < -0.39 is 6.10 Å². The fourth-order valence-corrected chi connectivity index (χ4v) is 3.08. The van der Waals surface area contributed by atoms with E-state index in [-0.39, 0.29) is 5.91 Å². The number of nitrogens with one attached hydrogen (secondary N) is 1. The van der Waals surface area contributed by atoms with Crippen LogP contribution in [0.1, 0.15) is 18.1 Å². The molecule has 0 saturated carbocycles. The number of anilines is 1. The summed E-state index contributed by atoms with van der Waals surface area (Å²) in [6.45, 7) is 5.74. The van der Waals surface area contributed by atoms with Crippen LogP contribution in [-0.2, 0) is 4.79 Å². The Bertz CT molecular complexity index is 701. The summed E-state index contributed by atoms with van der Waals surface area (Å²) in [7, 11) is 0. The van der Waals surface area contributed by atoms with Gasteiger partial charge in [-0.15, -0.1) is 0 Å². The molecule has 0 heterocycles. The molecule has 2 rings (SSSR count). The van der Waals surface area contributed by atoms with E-state index in [0.29, 0.717) is 5.75 Å². The molecule has 3 nitrogen and oxygen atoms in total. The van der Waals surface area contributed by atoms with E-state index in [9.17, 15) is 4.79 Å². The summed E-state index contributed by atoms with van der Waals surface area (Å²) in [4.78, 5) is 12.3. The third-order valence-electron chi connectivity index (χ3n) is 3.43. The van der Waals surface area contributed by atoms with Crippen LogP contribution in [0.5, 0.6) is 5.75 Å². The van der Waals surface area contributed by atoms with E-state index in [0.717, 1.165) is 25.8 Å². The third kappa shape index (κ3) is 4.11. The van der Waals surface area contributed by atoms with Crippen molar-refractivity contribution in [1.29, 1.82) is 0 Å². The lowest BCUT2D eigenvalue weighted by atomic mass is 10.1. The molecule has 1 atom stereocenters. The summed E-state index contributed by atoms with van der Waals surface area (Å²) < 4.78 is 7.47. The summed E-state index contributed by atoms with van der Waals surface area (Å²) >= 11 is 6.81. The van der Waals surface area contributed by atoms with E-state index in [1.54, 1.807) is 6.92 Å². The molecular weight excluding hydrogens is 410 g/mol. The maximum absolute atomic E-state index is 12.3. The minimum Gasteiger partial charge on any atom is -0.480 e. The van der Waals surface area contributed by atoms with Gasteiger partial charge in [0.15, 0.2) is 6.10 Å². The number of ether oxygens (including phenoxy) is 1. The lowest BCUT2D eigenvalue weighted by molar-refractivity contribution is -0.122. The average molecular weight is 427 g/mol. The topological polar surface area (TPSA) is 38.3 Å². The van der Waals surface area contributed by atoms with Gasteiger partial charge in [-0.2, -0.15) is 0 Å². The van der Waals surface area contributed by atoms with Gasteiger partial charge in [-0.05, 0) is 72.1 Å². The van der Waals surface area contributed by atoms with Gasteiger partial charge < -0.3 is 10.1 Å². The molecule has 0 radical (unpaired) electrons. The van der Waals surface area contributed by atoms with Gasteiger partial charge in [-0.3, -0.25) is 4.79 Å². The summed E-state index contributed by atoms with van der Waals surface area (Å²) in [6.07, 6.45) is -0.600. The van der Waals surface area contributed by atoms with Crippen molar-refractivity contribution in [1.82, 2.24) is 0 Å². The van der Waals surface area contributed by atoms with E-state index in [2.05, 4.69) is 37.2 Å². The molecule has 0 bridgehead atoms. The van der Waals surface area contributed by atoms with E-state index in [1.165, 1.54) is 0 Å². The van der Waals surface area contributed by atoms with Crippen molar-refractivity contribution in [3.63, 3.8) is 0 Å². The maximum atomic E-state index is 12.3. The zero-order valence-electron chi connectivity index (χ0n) is 12.6. The second-order valence-corrected chi connectivity index (χ2v) is 6.84. The van der Waals surface area contributed by atoms with Crippen LogP contribution in [0.25, 0.3) is 0 Å². The normalized spacial score (nSPS) is 11.9. The Balaban J connectivity index is 2.07. The number of carbonyl (C=O) groups excluding carboxylic acids is 1. The Kier molecular flexibility index (Phi) is 5.64. The fraction of sp³-hybridized carbons (Fsp3) is 0.235. The lowest BCUT2D eigenvalue weighted by Crippen LogP contribution is -2.30. The van der Waals surface area contributed by atoms with Gasteiger partial charge in [-0.1, -0.05) is 28.1 Å². The molecule has 22 heavy (non-hydrogen) atoms. The van der Waals surface area contributed by atoms with Crippen molar-refractivity contribution in [3.8, 4) is 5.75 Å². The minimum absolute atomic E-state index is 0.177. The van der Waals surface area contributed by atoms with Crippen LogP contribution in [-0.4, -0.2) is 12.0 Å². The fourth-order valence-electron chi connectivity index (χ4n) is 1.94. The number of amides is 1. The highest BCUT2D eigenvalue weighted by Gasteiger charge is 2.17. The molecule has 0 aliphatic carbocycles. The average Bonchev–Trinajstić information content (AvgIpc) is 2.46. The molecule has 0 aromatic heterocycles. The summed E-state index contributed by atoms with van der Waals surface area (Å²) in [5.74, 6) is 0.454. The maximum Gasteiger partial charge on any atom is 0.265 e.